The number of nitrogens with zero attached hydrogens (tertiary/aromatic N) is 6. The molecule has 4 aromatic rings. The fraction of sp³-hybridized carbons (Fsp3) is 0.364. The second-order valence-corrected chi connectivity index (χ2v) is 8.72. The van der Waals surface area contributed by atoms with E-state index in [1.54, 1.807) is 23.6 Å². The third-order valence-corrected chi connectivity index (χ3v) is 6.56. The molecule has 0 aliphatic heterocycles. The van der Waals surface area contributed by atoms with E-state index >= 15 is 0 Å². The average molecular weight is 517 g/mol. The highest BCUT2D eigenvalue weighted by atomic mass is 32.1. The smallest absolute Gasteiger partial charge is 0.332 e. The summed E-state index contributed by atoms with van der Waals surface area (Å²) < 4.78 is 21.6. The topological polar surface area (TPSA) is 141 Å². The van der Waals surface area contributed by atoms with Gasteiger partial charge < -0.3 is 23.3 Å². The van der Waals surface area contributed by atoms with Gasteiger partial charge in [0.05, 0.1) is 37.4 Å². The van der Waals surface area contributed by atoms with Crippen molar-refractivity contribution < 1.29 is 23.8 Å². The number of hydrogen-bond acceptors (Lipinski definition) is 9. The lowest BCUT2D eigenvalue weighted by Gasteiger charge is -2.09. The van der Waals surface area contributed by atoms with Crippen molar-refractivity contribution in [2.24, 2.45) is 19.1 Å². The van der Waals surface area contributed by atoms with Gasteiger partial charge in [-0.2, -0.15) is 4.99 Å². The van der Waals surface area contributed by atoms with E-state index in [0.29, 0.717) is 21.7 Å². The number of aromatic nitrogens is 5. The number of ether oxygens (including phenoxy) is 3. The molecule has 0 saturated carbocycles. The van der Waals surface area contributed by atoms with Crippen LogP contribution in [-0.2, 0) is 41.5 Å². The predicted octanol–water partition coefficient (Wildman–Crippen LogP) is 0.158. The zero-order chi connectivity index (χ0) is 26.1. The molecular formula is C22H24N6O7S. The summed E-state index contributed by atoms with van der Waals surface area (Å²) in [6.45, 7) is 1.43. The summed E-state index contributed by atoms with van der Waals surface area (Å²) in [5.74, 6) is -0.150. The Morgan fingerprint density at radius 3 is 2.42 bits per heavy atom. The largest absolute Gasteiger partial charge is 0.493 e. The highest BCUT2D eigenvalue weighted by Gasteiger charge is 2.18. The van der Waals surface area contributed by atoms with Crippen LogP contribution in [0, 0.1) is 0 Å². The summed E-state index contributed by atoms with van der Waals surface area (Å²) in [6, 6.07) is 3.43. The molecule has 0 bridgehead atoms. The highest BCUT2D eigenvalue weighted by molar-refractivity contribution is 7.16. The molecule has 0 aliphatic rings. The van der Waals surface area contributed by atoms with Gasteiger partial charge in [-0.25, -0.2) is 9.78 Å². The highest BCUT2D eigenvalue weighted by Crippen LogP contribution is 2.33. The number of amides is 1. The molecule has 0 radical (unpaired) electrons. The Hall–Kier alpha value is -4.20. The number of carbonyl (C=O) groups excluding carboxylic acids is 2. The number of benzene rings is 1. The van der Waals surface area contributed by atoms with E-state index in [-0.39, 0.29) is 35.7 Å². The molecule has 1 aromatic carbocycles. The van der Waals surface area contributed by atoms with E-state index in [2.05, 4.69) is 9.98 Å². The molecule has 0 fully saturated rings. The van der Waals surface area contributed by atoms with Gasteiger partial charge >= 0.3 is 11.7 Å². The molecule has 0 spiro atoms. The molecule has 0 atom stereocenters. The van der Waals surface area contributed by atoms with Gasteiger partial charge in [0.1, 0.15) is 13.1 Å². The van der Waals surface area contributed by atoms with Crippen LogP contribution in [0.2, 0.25) is 0 Å². The number of fused-ring (bicyclic) bond motifs is 2. The van der Waals surface area contributed by atoms with E-state index in [0.717, 1.165) is 4.57 Å². The Kier molecular flexibility index (Phi) is 6.79. The van der Waals surface area contributed by atoms with Crippen molar-refractivity contribution in [3.05, 3.63) is 44.1 Å². The summed E-state index contributed by atoms with van der Waals surface area (Å²) in [5, 5.41) is 0. The maximum Gasteiger partial charge on any atom is 0.332 e. The zero-order valence-corrected chi connectivity index (χ0v) is 21.1. The van der Waals surface area contributed by atoms with Crippen LogP contribution in [0.1, 0.15) is 6.92 Å². The van der Waals surface area contributed by atoms with Gasteiger partial charge in [-0.15, -0.1) is 0 Å². The van der Waals surface area contributed by atoms with E-state index in [4.69, 9.17) is 14.2 Å². The number of carbonyl (C=O) groups is 2. The van der Waals surface area contributed by atoms with Crippen molar-refractivity contribution >= 4 is 44.6 Å². The van der Waals surface area contributed by atoms with Gasteiger partial charge in [-0.05, 0) is 6.92 Å². The summed E-state index contributed by atoms with van der Waals surface area (Å²) >= 11 is 1.18. The van der Waals surface area contributed by atoms with E-state index in [1.807, 2.05) is 0 Å². The van der Waals surface area contributed by atoms with Crippen LogP contribution in [0.4, 0.5) is 0 Å². The molecule has 0 N–H and O–H groups in total. The second kappa shape index (κ2) is 9.81. The Labute approximate surface area is 207 Å². The van der Waals surface area contributed by atoms with Crippen molar-refractivity contribution in [1.29, 1.82) is 0 Å². The number of esters is 1. The first-order chi connectivity index (χ1) is 17.2. The minimum absolute atomic E-state index is 0.105. The third-order valence-electron chi connectivity index (χ3n) is 5.52. The van der Waals surface area contributed by atoms with Crippen LogP contribution >= 0.6 is 11.3 Å². The third kappa shape index (κ3) is 4.30. The first-order valence-corrected chi connectivity index (χ1v) is 11.6. The number of methoxy groups -OCH3 is 2. The maximum absolute atomic E-state index is 13.0. The minimum atomic E-state index is -0.590. The molecule has 0 saturated heterocycles. The standard InChI is InChI=1S/C22H24N6O7S/c1-6-35-17(30)10-28-12-7-13(33-4)14(34-5)8-15(12)36-21(28)24-16(29)9-27-11-23-19-18(27)20(31)26(3)22(32)25(19)2/h7-8,11H,6,9-10H2,1-5H3. The number of rotatable bonds is 7. The van der Waals surface area contributed by atoms with Gasteiger partial charge in [-0.1, -0.05) is 11.3 Å². The molecule has 0 aliphatic carbocycles. The summed E-state index contributed by atoms with van der Waals surface area (Å²) in [6.07, 6.45) is 1.31. The SMILES string of the molecule is CCOC(=O)Cn1c(=NC(=O)Cn2cnc3c2c(=O)n(C)c(=O)n3C)sc2cc(OC)c(OC)cc21. The fourth-order valence-corrected chi connectivity index (χ4v) is 4.83. The normalized spacial score (nSPS) is 11.9. The van der Waals surface area contributed by atoms with Gasteiger partial charge in [0.2, 0.25) is 0 Å². The van der Waals surface area contributed by atoms with Crippen LogP contribution in [0.25, 0.3) is 21.4 Å². The summed E-state index contributed by atoms with van der Waals surface area (Å²) in [4.78, 5) is 58.7. The predicted molar refractivity (Wildman–Crippen MR) is 130 cm³/mol. The average Bonchev–Trinajstić information content (AvgIpc) is 3.41. The molecule has 14 heteroatoms. The molecule has 3 aromatic heterocycles. The Morgan fingerprint density at radius 2 is 1.75 bits per heavy atom. The van der Waals surface area contributed by atoms with Gasteiger partial charge in [0.25, 0.3) is 11.5 Å². The monoisotopic (exact) mass is 516 g/mol. The molecule has 4 rings (SSSR count). The molecule has 190 valence electrons. The van der Waals surface area contributed by atoms with Crippen molar-refractivity contribution in [2.45, 2.75) is 20.0 Å². The Bertz CT molecular complexity index is 1690. The summed E-state index contributed by atoms with van der Waals surface area (Å²) in [5.41, 5.74) is -0.223. The van der Waals surface area contributed by atoms with Crippen LogP contribution in [0.5, 0.6) is 11.5 Å². The first-order valence-electron chi connectivity index (χ1n) is 10.8. The molecular weight excluding hydrogens is 492 g/mol. The number of aryl methyl sites for hydroxylation is 1. The lowest BCUT2D eigenvalue weighted by molar-refractivity contribution is -0.143. The van der Waals surface area contributed by atoms with Gasteiger partial charge in [0, 0.05) is 26.2 Å². The molecule has 36 heavy (non-hydrogen) atoms. The van der Waals surface area contributed by atoms with Gasteiger partial charge in [0.15, 0.2) is 27.5 Å². The minimum Gasteiger partial charge on any atom is -0.493 e. The van der Waals surface area contributed by atoms with Crippen LogP contribution < -0.4 is 25.5 Å². The van der Waals surface area contributed by atoms with E-state index < -0.39 is 23.1 Å². The second-order valence-electron chi connectivity index (χ2n) is 7.71. The number of imidazole rings is 1. The number of hydrogen-bond donors (Lipinski definition) is 0. The van der Waals surface area contributed by atoms with Crippen LogP contribution in [0.15, 0.2) is 33.0 Å². The molecule has 1 amide bonds. The van der Waals surface area contributed by atoms with E-state index in [9.17, 15) is 19.2 Å². The molecule has 3 heterocycles. The number of thiazole rings is 1. The van der Waals surface area contributed by atoms with Crippen molar-refractivity contribution in [2.75, 3.05) is 20.8 Å². The van der Waals surface area contributed by atoms with E-state index in [1.165, 1.54) is 55.1 Å². The quantitative estimate of drug-likeness (QED) is 0.316. The Balaban J connectivity index is 1.82. The summed E-state index contributed by atoms with van der Waals surface area (Å²) in [7, 11) is 5.85. The Morgan fingerprint density at radius 1 is 1.06 bits per heavy atom. The van der Waals surface area contributed by atoms with Crippen molar-refractivity contribution in [3.8, 4) is 11.5 Å². The first kappa shape index (κ1) is 24.9. The fourth-order valence-electron chi connectivity index (χ4n) is 3.78. The lowest BCUT2D eigenvalue weighted by Crippen LogP contribution is -2.37. The van der Waals surface area contributed by atoms with Crippen LogP contribution in [0.3, 0.4) is 0 Å². The maximum atomic E-state index is 13.0. The molecule has 0 unspecified atom stereocenters. The zero-order valence-electron chi connectivity index (χ0n) is 20.3. The van der Waals surface area contributed by atoms with Crippen LogP contribution in [-0.4, -0.2) is 56.0 Å². The van der Waals surface area contributed by atoms with Gasteiger partial charge in [-0.3, -0.25) is 23.5 Å². The molecule has 13 nitrogen and oxygen atoms in total. The lowest BCUT2D eigenvalue weighted by atomic mass is 10.3. The van der Waals surface area contributed by atoms with Crippen molar-refractivity contribution in [1.82, 2.24) is 23.3 Å². The van der Waals surface area contributed by atoms with Crippen molar-refractivity contribution in [3.63, 3.8) is 0 Å².